The van der Waals surface area contributed by atoms with Gasteiger partial charge in [0.05, 0.1) is 11.9 Å². The summed E-state index contributed by atoms with van der Waals surface area (Å²) in [6, 6.07) is 5.16. The molecule has 2 aliphatic heterocycles. The van der Waals surface area contributed by atoms with Gasteiger partial charge in [-0.15, -0.1) is 0 Å². The van der Waals surface area contributed by atoms with Gasteiger partial charge in [0.25, 0.3) is 11.8 Å². The predicted molar refractivity (Wildman–Crippen MR) is 102 cm³/mol. The molecule has 0 unspecified atom stereocenters. The number of rotatable bonds is 4. The molecule has 2 saturated heterocycles. The maximum atomic E-state index is 13.0. The molecule has 1 N–H and O–H groups in total. The molecule has 4 amide bonds. The molecule has 2 aliphatic rings. The summed E-state index contributed by atoms with van der Waals surface area (Å²) in [7, 11) is 0. The first-order chi connectivity index (χ1) is 14.0. The SMILES string of the molecule is CC(=O)c1cccc(N2C(=O)[C@@H]3C[C@@H](NC(=O)c4cnccn4)CCN3C2=O)c1. The van der Waals surface area contributed by atoms with E-state index >= 15 is 0 Å². The Labute approximate surface area is 166 Å². The van der Waals surface area contributed by atoms with Gasteiger partial charge in [-0.25, -0.2) is 14.7 Å². The molecule has 0 saturated carbocycles. The maximum absolute atomic E-state index is 13.0. The van der Waals surface area contributed by atoms with Gasteiger partial charge in [0.2, 0.25) is 0 Å². The van der Waals surface area contributed by atoms with E-state index in [1.807, 2.05) is 0 Å². The molecule has 0 radical (unpaired) electrons. The van der Waals surface area contributed by atoms with Crippen molar-refractivity contribution in [3.63, 3.8) is 0 Å². The monoisotopic (exact) mass is 393 g/mol. The number of nitrogens with zero attached hydrogens (tertiary/aromatic N) is 4. The molecule has 9 nitrogen and oxygen atoms in total. The topological polar surface area (TPSA) is 113 Å². The van der Waals surface area contributed by atoms with Crippen LogP contribution in [0.5, 0.6) is 0 Å². The van der Waals surface area contributed by atoms with Crippen LogP contribution in [0.2, 0.25) is 0 Å². The summed E-state index contributed by atoms with van der Waals surface area (Å²) in [6.45, 7) is 1.78. The van der Waals surface area contributed by atoms with Crippen LogP contribution in [0.15, 0.2) is 42.9 Å². The fraction of sp³-hybridized carbons (Fsp3) is 0.300. The van der Waals surface area contributed by atoms with Crippen LogP contribution in [0.25, 0.3) is 0 Å². The fourth-order valence-corrected chi connectivity index (χ4v) is 3.71. The van der Waals surface area contributed by atoms with Crippen LogP contribution in [0.1, 0.15) is 40.6 Å². The molecule has 9 heteroatoms. The molecule has 2 atom stereocenters. The standard InChI is InChI=1S/C20H19N5O4/c1-12(26)13-3-2-4-15(9-13)25-19(28)17-10-14(5-8-24(17)20(25)29)23-18(27)16-11-21-6-7-22-16/h2-4,6-7,9,11,14,17H,5,8,10H2,1H3,(H,23,27)/t14-,17-/m0/s1. The number of imide groups is 1. The number of Topliss-reactive ketones (excluding diaryl/α,β-unsaturated/α-hetero) is 1. The lowest BCUT2D eigenvalue weighted by Crippen LogP contribution is -2.49. The third kappa shape index (κ3) is 3.46. The lowest BCUT2D eigenvalue weighted by molar-refractivity contribution is -0.120. The zero-order valence-electron chi connectivity index (χ0n) is 15.7. The Morgan fingerprint density at radius 1 is 1.21 bits per heavy atom. The van der Waals surface area contributed by atoms with Gasteiger partial charge >= 0.3 is 6.03 Å². The number of nitrogens with one attached hydrogen (secondary N) is 1. The van der Waals surface area contributed by atoms with Crippen LogP contribution in [0.4, 0.5) is 10.5 Å². The van der Waals surface area contributed by atoms with Gasteiger partial charge in [-0.1, -0.05) is 12.1 Å². The van der Waals surface area contributed by atoms with Crippen molar-refractivity contribution >= 4 is 29.3 Å². The number of anilines is 1. The Hall–Kier alpha value is -3.62. The lowest BCUT2D eigenvalue weighted by atomic mass is 9.97. The number of ketones is 1. The van der Waals surface area contributed by atoms with Gasteiger partial charge in [-0.2, -0.15) is 0 Å². The van der Waals surface area contributed by atoms with Gasteiger partial charge in [-0.05, 0) is 31.9 Å². The smallest absolute Gasteiger partial charge is 0.332 e. The Balaban J connectivity index is 1.50. The van der Waals surface area contributed by atoms with Crippen molar-refractivity contribution in [2.75, 3.05) is 11.4 Å². The highest BCUT2D eigenvalue weighted by Gasteiger charge is 2.48. The quantitative estimate of drug-likeness (QED) is 0.621. The second-order valence-corrected chi connectivity index (χ2v) is 7.06. The van der Waals surface area contributed by atoms with E-state index < -0.39 is 12.1 Å². The fourth-order valence-electron chi connectivity index (χ4n) is 3.71. The van der Waals surface area contributed by atoms with Crippen LogP contribution in [0, 0.1) is 0 Å². The molecular formula is C20H19N5O4. The number of carbonyl (C=O) groups is 4. The third-order valence-electron chi connectivity index (χ3n) is 5.19. The van der Waals surface area contributed by atoms with Crippen molar-refractivity contribution < 1.29 is 19.2 Å². The van der Waals surface area contributed by atoms with E-state index in [2.05, 4.69) is 15.3 Å². The summed E-state index contributed by atoms with van der Waals surface area (Å²) in [4.78, 5) is 60.2. The minimum Gasteiger partial charge on any atom is -0.348 e. The number of carbonyl (C=O) groups excluding carboxylic acids is 4. The molecule has 2 fully saturated rings. The Kier molecular flexibility index (Phi) is 4.79. The number of urea groups is 1. The minimum absolute atomic E-state index is 0.143. The minimum atomic E-state index is -0.649. The lowest BCUT2D eigenvalue weighted by Gasteiger charge is -2.32. The summed E-state index contributed by atoms with van der Waals surface area (Å²) >= 11 is 0. The van der Waals surface area contributed by atoms with Crippen LogP contribution < -0.4 is 10.2 Å². The number of hydrogen-bond donors (Lipinski definition) is 1. The Morgan fingerprint density at radius 3 is 2.76 bits per heavy atom. The number of aromatic nitrogens is 2. The molecule has 29 heavy (non-hydrogen) atoms. The van der Waals surface area contributed by atoms with Gasteiger partial charge in [0.15, 0.2) is 5.78 Å². The van der Waals surface area contributed by atoms with E-state index in [9.17, 15) is 19.2 Å². The molecule has 0 bridgehead atoms. The van der Waals surface area contributed by atoms with Crippen molar-refractivity contribution in [2.24, 2.45) is 0 Å². The van der Waals surface area contributed by atoms with Crippen molar-refractivity contribution in [3.8, 4) is 0 Å². The predicted octanol–water partition coefficient (Wildman–Crippen LogP) is 1.41. The maximum Gasteiger partial charge on any atom is 0.332 e. The van der Waals surface area contributed by atoms with Crippen molar-refractivity contribution in [3.05, 3.63) is 54.1 Å². The summed E-state index contributed by atoms with van der Waals surface area (Å²) in [6.07, 6.45) is 5.14. The molecule has 1 aromatic heterocycles. The molecular weight excluding hydrogens is 374 g/mol. The average molecular weight is 393 g/mol. The zero-order valence-corrected chi connectivity index (χ0v) is 15.7. The van der Waals surface area contributed by atoms with Crippen molar-refractivity contribution in [2.45, 2.75) is 31.8 Å². The molecule has 1 aromatic carbocycles. The van der Waals surface area contributed by atoms with Gasteiger partial charge in [0.1, 0.15) is 11.7 Å². The molecule has 3 heterocycles. The Bertz CT molecular complexity index is 993. The van der Waals surface area contributed by atoms with E-state index in [-0.39, 0.29) is 29.3 Å². The highest BCUT2D eigenvalue weighted by atomic mass is 16.2. The number of amides is 4. The molecule has 2 aromatic rings. The summed E-state index contributed by atoms with van der Waals surface area (Å²) < 4.78 is 0. The van der Waals surface area contributed by atoms with E-state index in [4.69, 9.17) is 0 Å². The molecule has 0 aliphatic carbocycles. The summed E-state index contributed by atoms with van der Waals surface area (Å²) in [5, 5.41) is 2.87. The highest BCUT2D eigenvalue weighted by Crippen LogP contribution is 2.31. The first-order valence-electron chi connectivity index (χ1n) is 9.28. The van der Waals surface area contributed by atoms with Crippen molar-refractivity contribution in [1.29, 1.82) is 0 Å². The molecule has 148 valence electrons. The summed E-state index contributed by atoms with van der Waals surface area (Å²) in [5.41, 5.74) is 1.01. The number of piperidine rings is 1. The van der Waals surface area contributed by atoms with Gasteiger partial charge < -0.3 is 10.2 Å². The van der Waals surface area contributed by atoms with Gasteiger partial charge in [-0.3, -0.25) is 19.4 Å². The van der Waals surface area contributed by atoms with E-state index in [1.54, 1.807) is 24.3 Å². The largest absolute Gasteiger partial charge is 0.348 e. The first-order valence-corrected chi connectivity index (χ1v) is 9.28. The van der Waals surface area contributed by atoms with E-state index in [0.717, 1.165) is 4.90 Å². The average Bonchev–Trinajstić information content (AvgIpc) is 2.98. The number of benzene rings is 1. The normalized spacial score (nSPS) is 21.1. The van der Waals surface area contributed by atoms with Crippen LogP contribution in [-0.2, 0) is 4.79 Å². The van der Waals surface area contributed by atoms with E-state index in [0.29, 0.717) is 30.6 Å². The zero-order chi connectivity index (χ0) is 20.5. The first kappa shape index (κ1) is 18.7. The van der Waals surface area contributed by atoms with Crippen molar-refractivity contribution in [1.82, 2.24) is 20.2 Å². The van der Waals surface area contributed by atoms with Crippen LogP contribution in [-0.4, -0.2) is 57.1 Å². The number of hydrogen-bond acceptors (Lipinski definition) is 6. The third-order valence-corrected chi connectivity index (χ3v) is 5.19. The second kappa shape index (κ2) is 7.42. The van der Waals surface area contributed by atoms with E-state index in [1.165, 1.54) is 30.4 Å². The van der Waals surface area contributed by atoms with Crippen LogP contribution in [0.3, 0.4) is 0 Å². The Morgan fingerprint density at radius 2 is 2.03 bits per heavy atom. The highest BCUT2D eigenvalue weighted by molar-refractivity contribution is 6.21. The van der Waals surface area contributed by atoms with Gasteiger partial charge in [0, 0.05) is 30.5 Å². The van der Waals surface area contributed by atoms with Crippen LogP contribution >= 0.6 is 0 Å². The second-order valence-electron chi connectivity index (χ2n) is 7.06. The molecule has 0 spiro atoms. The summed E-state index contributed by atoms with van der Waals surface area (Å²) in [5.74, 6) is -0.857. The number of fused-ring (bicyclic) bond motifs is 1. The molecule has 4 rings (SSSR count).